The minimum atomic E-state index is -1.88. The fourth-order valence-electron chi connectivity index (χ4n) is 1.17. The molecule has 1 aromatic rings. The zero-order valence-electron chi connectivity index (χ0n) is 7.69. The molecule has 76 valence electrons. The molecule has 0 amide bonds. The number of anilines is 1. The molecule has 3 N–H and O–H groups in total. The summed E-state index contributed by atoms with van der Waals surface area (Å²) in [6, 6.07) is 4.74. The third kappa shape index (κ3) is 2.65. The van der Waals surface area contributed by atoms with Crippen molar-refractivity contribution in [3.8, 4) is 0 Å². The van der Waals surface area contributed by atoms with Crippen molar-refractivity contribution in [3.05, 3.63) is 29.3 Å². The van der Waals surface area contributed by atoms with Gasteiger partial charge >= 0.3 is 0 Å². The molecule has 0 aliphatic carbocycles. The van der Waals surface area contributed by atoms with Crippen LogP contribution in [-0.4, -0.2) is 14.5 Å². The third-order valence-electron chi connectivity index (χ3n) is 1.79. The highest BCUT2D eigenvalue weighted by Crippen LogP contribution is 2.15. The molecule has 0 saturated carbocycles. The molecule has 0 fully saturated rings. The number of rotatable bonds is 3. The SMILES string of the molecule is CC(=O)c1ccc(CS(=O)O)cc1N. The van der Waals surface area contributed by atoms with E-state index in [0.717, 1.165) is 0 Å². The van der Waals surface area contributed by atoms with E-state index >= 15 is 0 Å². The van der Waals surface area contributed by atoms with Gasteiger partial charge in [0, 0.05) is 11.3 Å². The van der Waals surface area contributed by atoms with Crippen LogP contribution in [0.2, 0.25) is 0 Å². The fraction of sp³-hybridized carbons (Fsp3) is 0.222. The van der Waals surface area contributed by atoms with E-state index in [-0.39, 0.29) is 11.5 Å². The van der Waals surface area contributed by atoms with Gasteiger partial charge in [0.25, 0.3) is 0 Å². The van der Waals surface area contributed by atoms with E-state index in [1.807, 2.05) is 0 Å². The van der Waals surface area contributed by atoms with Crippen molar-refractivity contribution in [2.75, 3.05) is 5.73 Å². The smallest absolute Gasteiger partial charge is 0.161 e. The number of carbonyl (C=O) groups is 1. The lowest BCUT2D eigenvalue weighted by molar-refractivity contribution is 0.101. The summed E-state index contributed by atoms with van der Waals surface area (Å²) in [6.07, 6.45) is 0. The van der Waals surface area contributed by atoms with E-state index in [1.54, 1.807) is 18.2 Å². The van der Waals surface area contributed by atoms with Gasteiger partial charge in [-0.3, -0.25) is 4.79 Å². The number of carbonyl (C=O) groups excluding carboxylic acids is 1. The van der Waals surface area contributed by atoms with Crippen LogP contribution in [0.15, 0.2) is 18.2 Å². The first-order valence-electron chi connectivity index (χ1n) is 3.97. The molecule has 1 aromatic carbocycles. The molecule has 0 bridgehead atoms. The molecule has 0 radical (unpaired) electrons. The summed E-state index contributed by atoms with van der Waals surface area (Å²) >= 11 is -1.88. The van der Waals surface area contributed by atoms with Crippen LogP contribution in [0.5, 0.6) is 0 Å². The van der Waals surface area contributed by atoms with Crippen LogP contribution in [0.1, 0.15) is 22.8 Å². The molecular weight excluding hydrogens is 202 g/mol. The molecular formula is C9H11NO3S. The highest BCUT2D eigenvalue weighted by molar-refractivity contribution is 7.78. The first-order valence-corrected chi connectivity index (χ1v) is 5.25. The largest absolute Gasteiger partial charge is 0.398 e. The van der Waals surface area contributed by atoms with E-state index in [2.05, 4.69) is 0 Å². The Balaban J connectivity index is 3.00. The van der Waals surface area contributed by atoms with Gasteiger partial charge in [-0.25, -0.2) is 4.21 Å². The molecule has 0 aromatic heterocycles. The topological polar surface area (TPSA) is 80.4 Å². The van der Waals surface area contributed by atoms with Crippen LogP contribution in [0.4, 0.5) is 5.69 Å². The van der Waals surface area contributed by atoms with Crippen LogP contribution in [0, 0.1) is 0 Å². The number of hydrogen-bond donors (Lipinski definition) is 2. The van der Waals surface area contributed by atoms with E-state index in [9.17, 15) is 9.00 Å². The van der Waals surface area contributed by atoms with Crippen LogP contribution < -0.4 is 5.73 Å². The minimum absolute atomic E-state index is 0.0301. The van der Waals surface area contributed by atoms with Crippen LogP contribution in [0.25, 0.3) is 0 Å². The summed E-state index contributed by atoms with van der Waals surface area (Å²) < 4.78 is 19.1. The molecule has 0 saturated heterocycles. The van der Waals surface area contributed by atoms with Gasteiger partial charge in [0.05, 0.1) is 5.75 Å². The molecule has 0 spiro atoms. The quantitative estimate of drug-likeness (QED) is 0.449. The molecule has 1 atom stereocenters. The lowest BCUT2D eigenvalue weighted by atomic mass is 10.1. The second-order valence-electron chi connectivity index (χ2n) is 2.94. The Labute approximate surface area is 84.4 Å². The van der Waals surface area contributed by atoms with Crippen LogP contribution >= 0.6 is 0 Å². The van der Waals surface area contributed by atoms with Crippen molar-refractivity contribution in [1.82, 2.24) is 0 Å². The number of hydrogen-bond acceptors (Lipinski definition) is 3. The van der Waals surface area contributed by atoms with Crippen molar-refractivity contribution in [3.63, 3.8) is 0 Å². The van der Waals surface area contributed by atoms with Crippen molar-refractivity contribution in [2.24, 2.45) is 0 Å². The Morgan fingerprint density at radius 1 is 1.57 bits per heavy atom. The summed E-state index contributed by atoms with van der Waals surface area (Å²) in [5, 5.41) is 0. The summed E-state index contributed by atoms with van der Waals surface area (Å²) in [4.78, 5) is 11.0. The van der Waals surface area contributed by atoms with Gasteiger partial charge in [0.15, 0.2) is 16.9 Å². The maximum atomic E-state index is 11.0. The minimum Gasteiger partial charge on any atom is -0.398 e. The standard InChI is InChI=1S/C9H11NO3S/c1-6(11)8-3-2-7(4-9(8)10)5-14(12)13/h2-4H,5,10H2,1H3,(H,12,13). The van der Waals surface area contributed by atoms with Crippen molar-refractivity contribution in [2.45, 2.75) is 12.7 Å². The molecule has 0 aliphatic heterocycles. The summed E-state index contributed by atoms with van der Waals surface area (Å²) in [5.74, 6) is -0.0817. The first-order chi connectivity index (χ1) is 6.50. The molecule has 1 rings (SSSR count). The third-order valence-corrected chi connectivity index (χ3v) is 2.37. The molecule has 5 heteroatoms. The number of nitrogen functional groups attached to an aromatic ring is 1. The highest BCUT2D eigenvalue weighted by Gasteiger charge is 2.06. The summed E-state index contributed by atoms with van der Waals surface area (Å²) in [5.41, 5.74) is 7.03. The van der Waals surface area contributed by atoms with E-state index in [0.29, 0.717) is 16.8 Å². The van der Waals surface area contributed by atoms with E-state index in [1.165, 1.54) is 6.92 Å². The van der Waals surface area contributed by atoms with Gasteiger partial charge in [0.2, 0.25) is 0 Å². The Morgan fingerprint density at radius 2 is 2.21 bits per heavy atom. The summed E-state index contributed by atoms with van der Waals surface area (Å²) in [6.45, 7) is 1.43. The molecule has 0 heterocycles. The van der Waals surface area contributed by atoms with Crippen LogP contribution in [-0.2, 0) is 16.8 Å². The lowest BCUT2D eigenvalue weighted by Gasteiger charge is -2.03. The zero-order valence-corrected chi connectivity index (χ0v) is 8.50. The second-order valence-corrected chi connectivity index (χ2v) is 3.88. The van der Waals surface area contributed by atoms with Gasteiger partial charge in [-0.05, 0) is 24.6 Å². The Hall–Kier alpha value is -1.20. The average molecular weight is 213 g/mol. The first kappa shape index (κ1) is 10.9. The maximum absolute atomic E-state index is 11.0. The van der Waals surface area contributed by atoms with Crippen molar-refractivity contribution in [1.29, 1.82) is 0 Å². The molecule has 1 unspecified atom stereocenters. The zero-order chi connectivity index (χ0) is 10.7. The summed E-state index contributed by atoms with van der Waals surface area (Å²) in [7, 11) is 0. The molecule has 14 heavy (non-hydrogen) atoms. The van der Waals surface area contributed by atoms with Gasteiger partial charge in [0.1, 0.15) is 0 Å². The van der Waals surface area contributed by atoms with E-state index < -0.39 is 11.1 Å². The Bertz CT molecular complexity index is 390. The van der Waals surface area contributed by atoms with Gasteiger partial charge in [-0.15, -0.1) is 0 Å². The maximum Gasteiger partial charge on any atom is 0.161 e. The normalized spacial score (nSPS) is 12.4. The van der Waals surface area contributed by atoms with Gasteiger partial charge < -0.3 is 10.3 Å². The van der Waals surface area contributed by atoms with E-state index in [4.69, 9.17) is 10.3 Å². The Morgan fingerprint density at radius 3 is 2.64 bits per heavy atom. The second kappa shape index (κ2) is 4.34. The lowest BCUT2D eigenvalue weighted by Crippen LogP contribution is -2.01. The number of benzene rings is 1. The highest BCUT2D eigenvalue weighted by atomic mass is 32.2. The monoisotopic (exact) mass is 213 g/mol. The number of nitrogens with two attached hydrogens (primary N) is 1. The molecule has 0 aliphatic rings. The number of ketones is 1. The van der Waals surface area contributed by atoms with Crippen LogP contribution in [0.3, 0.4) is 0 Å². The Kier molecular flexibility index (Phi) is 3.38. The molecule has 4 nitrogen and oxygen atoms in total. The van der Waals surface area contributed by atoms with Crippen molar-refractivity contribution < 1.29 is 13.6 Å². The number of Topliss-reactive ketones (excluding diaryl/α,β-unsaturated/α-hetero) is 1. The predicted molar refractivity (Wildman–Crippen MR) is 55.3 cm³/mol. The van der Waals surface area contributed by atoms with Gasteiger partial charge in [-0.1, -0.05) is 6.07 Å². The fourth-order valence-corrected chi connectivity index (χ4v) is 1.63. The van der Waals surface area contributed by atoms with Crippen molar-refractivity contribution >= 4 is 22.6 Å². The average Bonchev–Trinajstić information content (AvgIpc) is 2.01. The van der Waals surface area contributed by atoms with Gasteiger partial charge in [-0.2, -0.15) is 0 Å². The predicted octanol–water partition coefficient (Wildman–Crippen LogP) is 1.19.